The summed E-state index contributed by atoms with van der Waals surface area (Å²) in [4.78, 5) is 4.79. The molecule has 0 saturated carbocycles. The smallest absolute Gasteiger partial charge is 0.136 e. The maximum Gasteiger partial charge on any atom is 0.136 e. The Kier molecular flexibility index (Phi) is 3.81. The van der Waals surface area contributed by atoms with Gasteiger partial charge in [-0.2, -0.15) is 0 Å². The number of nitrogens with zero attached hydrogens (tertiary/aromatic N) is 2. The van der Waals surface area contributed by atoms with E-state index in [0.717, 1.165) is 28.1 Å². The molecule has 1 atom stereocenters. The Morgan fingerprint density at radius 2 is 1.50 bits per heavy atom. The first-order valence-corrected chi connectivity index (χ1v) is 8.16. The number of nitrogens with two attached hydrogens (primary N) is 1. The van der Waals surface area contributed by atoms with Crippen molar-refractivity contribution in [1.82, 2.24) is 9.55 Å². The number of fused-ring (bicyclic) bond motifs is 1. The molecule has 4 rings (SSSR count). The average Bonchev–Trinajstić information content (AvgIpc) is 3.02. The van der Waals surface area contributed by atoms with Gasteiger partial charge in [0.05, 0.1) is 17.1 Å². The molecule has 0 aliphatic heterocycles. The van der Waals surface area contributed by atoms with E-state index < -0.39 is 0 Å². The van der Waals surface area contributed by atoms with Gasteiger partial charge in [-0.3, -0.25) is 4.57 Å². The molecule has 3 aromatic carbocycles. The van der Waals surface area contributed by atoms with Gasteiger partial charge in [-0.05, 0) is 42.0 Å². The molecule has 0 aliphatic rings. The molecule has 1 aromatic heterocycles. The third-order valence-corrected chi connectivity index (χ3v) is 4.36. The fourth-order valence-electron chi connectivity index (χ4n) is 2.92. The van der Waals surface area contributed by atoms with Gasteiger partial charge in [0.25, 0.3) is 0 Å². The summed E-state index contributed by atoms with van der Waals surface area (Å²) in [5.74, 6) is 0.810. The highest BCUT2D eigenvalue weighted by atomic mass is 35.5. The molecule has 1 unspecified atom stereocenters. The highest BCUT2D eigenvalue weighted by molar-refractivity contribution is 6.30. The summed E-state index contributed by atoms with van der Waals surface area (Å²) in [5.41, 5.74) is 10.5. The molecule has 118 valence electrons. The summed E-state index contributed by atoms with van der Waals surface area (Å²) in [7, 11) is 0. The van der Waals surface area contributed by atoms with Gasteiger partial charge in [-0.15, -0.1) is 0 Å². The fourth-order valence-corrected chi connectivity index (χ4v) is 3.05. The topological polar surface area (TPSA) is 43.8 Å². The summed E-state index contributed by atoms with van der Waals surface area (Å²) in [6, 6.07) is 25.5. The molecular weight excluding hydrogens is 318 g/mol. The maximum absolute atomic E-state index is 6.54. The molecule has 0 fully saturated rings. The fraction of sp³-hybridized carbons (Fsp3) is 0.0500. The summed E-state index contributed by atoms with van der Waals surface area (Å²) in [5, 5.41) is 0.697. The van der Waals surface area contributed by atoms with E-state index in [0.29, 0.717) is 5.02 Å². The number of hydrogen-bond donors (Lipinski definition) is 1. The molecule has 0 bridgehead atoms. The van der Waals surface area contributed by atoms with Gasteiger partial charge in [-0.25, -0.2) is 4.98 Å². The number of rotatable bonds is 3. The molecule has 2 N–H and O–H groups in total. The van der Waals surface area contributed by atoms with Crippen LogP contribution in [-0.4, -0.2) is 9.55 Å². The van der Waals surface area contributed by atoms with Crippen LogP contribution in [0.25, 0.3) is 16.7 Å². The third kappa shape index (κ3) is 2.58. The second-order valence-electron chi connectivity index (χ2n) is 5.66. The minimum absolute atomic E-state index is 0.338. The summed E-state index contributed by atoms with van der Waals surface area (Å²) in [6.45, 7) is 0. The van der Waals surface area contributed by atoms with Crippen molar-refractivity contribution >= 4 is 22.6 Å². The average molecular weight is 334 g/mol. The lowest BCUT2D eigenvalue weighted by molar-refractivity contribution is 0.766. The molecule has 0 amide bonds. The van der Waals surface area contributed by atoms with E-state index in [1.807, 2.05) is 60.7 Å². The molecule has 4 heteroatoms. The van der Waals surface area contributed by atoms with E-state index in [4.69, 9.17) is 22.3 Å². The Bertz CT molecular complexity index is 975. The van der Waals surface area contributed by atoms with Crippen LogP contribution in [0, 0.1) is 0 Å². The number of imidazole rings is 1. The molecule has 3 nitrogen and oxygen atoms in total. The summed E-state index contributed by atoms with van der Waals surface area (Å²) >= 11 is 5.99. The molecule has 0 spiro atoms. The summed E-state index contributed by atoms with van der Waals surface area (Å²) in [6.07, 6.45) is 0. The molecular formula is C20H16ClN3. The van der Waals surface area contributed by atoms with E-state index in [2.05, 4.69) is 22.8 Å². The predicted octanol–water partition coefficient (Wildman–Crippen LogP) is 4.73. The first kappa shape index (κ1) is 14.9. The Balaban J connectivity index is 1.93. The van der Waals surface area contributed by atoms with Crippen LogP contribution in [0.15, 0.2) is 78.9 Å². The van der Waals surface area contributed by atoms with Crippen molar-refractivity contribution in [3.8, 4) is 5.69 Å². The Morgan fingerprint density at radius 3 is 2.25 bits per heavy atom. The van der Waals surface area contributed by atoms with E-state index in [1.165, 1.54) is 0 Å². The first-order valence-electron chi connectivity index (χ1n) is 7.78. The van der Waals surface area contributed by atoms with Gasteiger partial charge in [-0.1, -0.05) is 54.1 Å². The van der Waals surface area contributed by atoms with Gasteiger partial charge in [0.15, 0.2) is 0 Å². The van der Waals surface area contributed by atoms with E-state index in [-0.39, 0.29) is 6.04 Å². The zero-order valence-electron chi connectivity index (χ0n) is 12.9. The van der Waals surface area contributed by atoms with E-state index in [9.17, 15) is 0 Å². The molecule has 0 radical (unpaired) electrons. The molecule has 4 aromatic rings. The second kappa shape index (κ2) is 6.11. The zero-order chi connectivity index (χ0) is 16.5. The molecule has 0 aliphatic carbocycles. The number of hydrogen-bond acceptors (Lipinski definition) is 2. The van der Waals surface area contributed by atoms with Crippen LogP contribution < -0.4 is 5.73 Å². The van der Waals surface area contributed by atoms with Crippen molar-refractivity contribution in [2.24, 2.45) is 5.73 Å². The van der Waals surface area contributed by atoms with Crippen LogP contribution in [0.5, 0.6) is 0 Å². The normalized spacial score (nSPS) is 12.4. The highest BCUT2D eigenvalue weighted by Crippen LogP contribution is 2.28. The van der Waals surface area contributed by atoms with Crippen LogP contribution in [-0.2, 0) is 0 Å². The van der Waals surface area contributed by atoms with E-state index in [1.54, 1.807) is 0 Å². The standard InChI is InChI=1S/C20H16ClN3/c21-15-12-10-14(11-13-15)19(22)20-23-17-8-4-5-9-18(17)24(20)16-6-2-1-3-7-16/h1-13,19H,22H2. The first-order chi connectivity index (χ1) is 11.7. The Hall–Kier alpha value is -2.62. The van der Waals surface area contributed by atoms with Gasteiger partial charge >= 0.3 is 0 Å². The Labute approximate surface area is 145 Å². The predicted molar refractivity (Wildman–Crippen MR) is 98.6 cm³/mol. The monoisotopic (exact) mass is 333 g/mol. The molecule has 0 saturated heterocycles. The van der Waals surface area contributed by atoms with Crippen molar-refractivity contribution in [1.29, 1.82) is 0 Å². The van der Waals surface area contributed by atoms with Crippen molar-refractivity contribution in [3.63, 3.8) is 0 Å². The maximum atomic E-state index is 6.54. The number of aromatic nitrogens is 2. The largest absolute Gasteiger partial charge is 0.318 e. The second-order valence-corrected chi connectivity index (χ2v) is 6.10. The van der Waals surface area contributed by atoms with Crippen molar-refractivity contribution in [2.45, 2.75) is 6.04 Å². The summed E-state index contributed by atoms with van der Waals surface area (Å²) < 4.78 is 2.12. The highest BCUT2D eigenvalue weighted by Gasteiger charge is 2.19. The van der Waals surface area contributed by atoms with E-state index >= 15 is 0 Å². The lowest BCUT2D eigenvalue weighted by atomic mass is 10.1. The molecule has 1 heterocycles. The minimum atomic E-state index is -0.338. The zero-order valence-corrected chi connectivity index (χ0v) is 13.7. The van der Waals surface area contributed by atoms with Gasteiger partial charge in [0.1, 0.15) is 5.82 Å². The van der Waals surface area contributed by atoms with Crippen LogP contribution in [0.2, 0.25) is 5.02 Å². The number of halogens is 1. The van der Waals surface area contributed by atoms with Gasteiger partial charge in [0.2, 0.25) is 0 Å². The number of benzene rings is 3. The van der Waals surface area contributed by atoms with Crippen LogP contribution in [0.1, 0.15) is 17.4 Å². The van der Waals surface area contributed by atoms with Gasteiger partial charge in [0, 0.05) is 10.7 Å². The Morgan fingerprint density at radius 1 is 0.833 bits per heavy atom. The van der Waals surface area contributed by atoms with Crippen LogP contribution in [0.4, 0.5) is 0 Å². The van der Waals surface area contributed by atoms with Crippen molar-refractivity contribution in [3.05, 3.63) is 95.3 Å². The van der Waals surface area contributed by atoms with Crippen LogP contribution in [0.3, 0.4) is 0 Å². The SMILES string of the molecule is NC(c1ccc(Cl)cc1)c1nc2ccccc2n1-c1ccccc1. The van der Waals surface area contributed by atoms with Crippen molar-refractivity contribution in [2.75, 3.05) is 0 Å². The third-order valence-electron chi connectivity index (χ3n) is 4.11. The molecule has 24 heavy (non-hydrogen) atoms. The number of para-hydroxylation sites is 3. The van der Waals surface area contributed by atoms with Crippen molar-refractivity contribution < 1.29 is 0 Å². The van der Waals surface area contributed by atoms with Crippen LogP contribution >= 0.6 is 11.6 Å². The lowest BCUT2D eigenvalue weighted by Gasteiger charge is -2.15. The minimum Gasteiger partial charge on any atom is -0.318 e. The quantitative estimate of drug-likeness (QED) is 0.589. The lowest BCUT2D eigenvalue weighted by Crippen LogP contribution is -2.17. The van der Waals surface area contributed by atoms with Gasteiger partial charge < -0.3 is 5.73 Å².